The van der Waals surface area contributed by atoms with Crippen molar-refractivity contribution in [2.75, 3.05) is 0 Å². The molecule has 1 amide bonds. The molecule has 134 valence electrons. The minimum absolute atomic E-state index is 0.0953. The first-order valence-corrected chi connectivity index (χ1v) is 8.39. The van der Waals surface area contributed by atoms with E-state index >= 15 is 0 Å². The van der Waals surface area contributed by atoms with Gasteiger partial charge in [-0.15, -0.1) is 0 Å². The number of pyridine rings is 1. The van der Waals surface area contributed by atoms with Gasteiger partial charge in [0.05, 0.1) is 23.5 Å². The first-order valence-electron chi connectivity index (χ1n) is 8.39. The van der Waals surface area contributed by atoms with Crippen LogP contribution in [0.3, 0.4) is 0 Å². The molecule has 7 heteroatoms. The van der Waals surface area contributed by atoms with Gasteiger partial charge in [-0.25, -0.2) is 4.98 Å². The molecule has 4 rings (SSSR count). The van der Waals surface area contributed by atoms with Crippen molar-refractivity contribution in [1.82, 2.24) is 19.9 Å². The van der Waals surface area contributed by atoms with E-state index in [1.54, 1.807) is 42.9 Å². The molecule has 27 heavy (non-hydrogen) atoms. The molecule has 0 unspecified atom stereocenters. The smallest absolute Gasteiger partial charge is 0.261 e. The molecule has 0 saturated heterocycles. The van der Waals surface area contributed by atoms with Crippen LogP contribution in [0.4, 0.5) is 0 Å². The van der Waals surface area contributed by atoms with Crippen molar-refractivity contribution in [3.63, 3.8) is 0 Å². The Bertz CT molecular complexity index is 1150. The number of carbonyl (C=O) groups is 1. The predicted molar refractivity (Wildman–Crippen MR) is 99.8 cm³/mol. The fraction of sp³-hybridized carbons (Fsp3) is 0.100. The van der Waals surface area contributed by atoms with Crippen LogP contribution >= 0.6 is 0 Å². The molecule has 1 N–H and O–H groups in total. The number of para-hydroxylation sites is 1. The van der Waals surface area contributed by atoms with Gasteiger partial charge in [-0.1, -0.05) is 12.1 Å². The van der Waals surface area contributed by atoms with E-state index in [0.29, 0.717) is 23.2 Å². The lowest BCUT2D eigenvalue weighted by molar-refractivity contribution is -0.121. The highest BCUT2D eigenvalue weighted by molar-refractivity contribution is 5.78. The second-order valence-corrected chi connectivity index (χ2v) is 6.03. The zero-order valence-corrected chi connectivity index (χ0v) is 14.3. The van der Waals surface area contributed by atoms with Gasteiger partial charge in [-0.05, 0) is 35.9 Å². The van der Waals surface area contributed by atoms with Crippen molar-refractivity contribution >= 4 is 16.8 Å². The van der Waals surface area contributed by atoms with Crippen LogP contribution in [0.5, 0.6) is 0 Å². The van der Waals surface area contributed by atoms with Gasteiger partial charge in [-0.2, -0.15) is 0 Å². The Morgan fingerprint density at radius 3 is 2.89 bits per heavy atom. The summed E-state index contributed by atoms with van der Waals surface area (Å²) in [6, 6.07) is 12.6. The van der Waals surface area contributed by atoms with Gasteiger partial charge in [0.2, 0.25) is 5.91 Å². The third kappa shape index (κ3) is 3.62. The van der Waals surface area contributed by atoms with Gasteiger partial charge in [-0.3, -0.25) is 19.1 Å². The first kappa shape index (κ1) is 16.7. The fourth-order valence-corrected chi connectivity index (χ4v) is 2.79. The van der Waals surface area contributed by atoms with Crippen LogP contribution < -0.4 is 10.9 Å². The molecule has 0 aliphatic heterocycles. The normalized spacial score (nSPS) is 10.8. The number of rotatable bonds is 5. The van der Waals surface area contributed by atoms with E-state index in [1.807, 2.05) is 18.2 Å². The van der Waals surface area contributed by atoms with Gasteiger partial charge in [0, 0.05) is 24.5 Å². The number of nitrogens with one attached hydrogen (secondary N) is 1. The van der Waals surface area contributed by atoms with Crippen molar-refractivity contribution in [1.29, 1.82) is 0 Å². The molecule has 3 heterocycles. The maximum atomic E-state index is 12.4. The second-order valence-electron chi connectivity index (χ2n) is 6.03. The molecule has 3 aromatic heterocycles. The molecular weight excluding hydrogens is 344 g/mol. The highest BCUT2D eigenvalue weighted by Gasteiger charge is 2.09. The number of aromatic nitrogens is 3. The lowest BCUT2D eigenvalue weighted by Crippen LogP contribution is -2.32. The first-order chi connectivity index (χ1) is 13.2. The van der Waals surface area contributed by atoms with E-state index in [0.717, 1.165) is 11.1 Å². The molecular formula is C20H16N4O3. The van der Waals surface area contributed by atoms with Gasteiger partial charge in [0.15, 0.2) is 0 Å². The van der Waals surface area contributed by atoms with Gasteiger partial charge >= 0.3 is 0 Å². The number of amides is 1. The molecule has 0 radical (unpaired) electrons. The summed E-state index contributed by atoms with van der Waals surface area (Å²) in [6.45, 7) is 0.206. The Labute approximate surface area is 154 Å². The number of carbonyl (C=O) groups excluding carboxylic acids is 1. The Hall–Kier alpha value is -3.74. The van der Waals surface area contributed by atoms with E-state index in [2.05, 4.69) is 15.3 Å². The number of hydrogen-bond donors (Lipinski definition) is 1. The minimum atomic E-state index is -0.280. The second kappa shape index (κ2) is 7.25. The average Bonchev–Trinajstić information content (AvgIpc) is 3.24. The van der Waals surface area contributed by atoms with Crippen LogP contribution in [0.1, 0.15) is 5.56 Å². The van der Waals surface area contributed by atoms with Crippen molar-refractivity contribution in [2.45, 2.75) is 13.1 Å². The monoisotopic (exact) mass is 360 g/mol. The number of nitrogens with zero attached hydrogens (tertiary/aromatic N) is 3. The van der Waals surface area contributed by atoms with E-state index in [4.69, 9.17) is 4.42 Å². The molecule has 4 aromatic rings. The number of benzene rings is 1. The lowest BCUT2D eigenvalue weighted by atomic mass is 10.1. The predicted octanol–water partition coefficient (Wildman–Crippen LogP) is 2.37. The number of furan rings is 1. The highest BCUT2D eigenvalue weighted by atomic mass is 16.3. The zero-order chi connectivity index (χ0) is 18.6. The summed E-state index contributed by atoms with van der Waals surface area (Å²) >= 11 is 0. The highest BCUT2D eigenvalue weighted by Crippen LogP contribution is 2.19. The van der Waals surface area contributed by atoms with Crippen molar-refractivity contribution in [2.24, 2.45) is 0 Å². The summed E-state index contributed by atoms with van der Waals surface area (Å²) in [6.07, 6.45) is 6.36. The van der Waals surface area contributed by atoms with E-state index in [9.17, 15) is 9.59 Å². The van der Waals surface area contributed by atoms with Gasteiger partial charge < -0.3 is 9.73 Å². The largest absolute Gasteiger partial charge is 0.464 e. The summed E-state index contributed by atoms with van der Waals surface area (Å²) in [5.74, 6) is 0.432. The molecule has 0 aliphatic rings. The molecule has 1 aromatic carbocycles. The zero-order valence-electron chi connectivity index (χ0n) is 14.3. The Morgan fingerprint density at radius 2 is 2.04 bits per heavy atom. The number of fused-ring (bicyclic) bond motifs is 1. The van der Waals surface area contributed by atoms with Gasteiger partial charge in [0.25, 0.3) is 5.56 Å². The molecule has 0 spiro atoms. The standard InChI is InChI=1S/C20H16N4O3/c25-19(12-24-13-23-17-5-2-1-4-16(17)20(24)26)22-10-14-8-15(11-21-9-14)18-6-3-7-27-18/h1-9,11,13H,10,12H2,(H,22,25). The minimum Gasteiger partial charge on any atom is -0.464 e. The molecule has 0 aliphatic carbocycles. The quantitative estimate of drug-likeness (QED) is 0.590. The van der Waals surface area contributed by atoms with Crippen molar-refractivity contribution in [3.8, 4) is 11.3 Å². The SMILES string of the molecule is O=C(Cn1cnc2ccccc2c1=O)NCc1cncc(-c2ccco2)c1. The third-order valence-electron chi connectivity index (χ3n) is 4.14. The van der Waals surface area contributed by atoms with E-state index in [1.165, 1.54) is 10.9 Å². The summed E-state index contributed by atoms with van der Waals surface area (Å²) < 4.78 is 6.66. The molecule has 7 nitrogen and oxygen atoms in total. The topological polar surface area (TPSA) is 90.0 Å². The summed E-state index contributed by atoms with van der Waals surface area (Å²) in [5.41, 5.74) is 2.04. The molecule has 0 bridgehead atoms. The summed E-state index contributed by atoms with van der Waals surface area (Å²) in [4.78, 5) is 33.1. The van der Waals surface area contributed by atoms with Crippen LogP contribution in [0, 0.1) is 0 Å². The third-order valence-corrected chi connectivity index (χ3v) is 4.14. The number of hydrogen-bond acceptors (Lipinski definition) is 5. The Balaban J connectivity index is 1.44. The fourth-order valence-electron chi connectivity index (χ4n) is 2.79. The van der Waals surface area contributed by atoms with Crippen LogP contribution in [-0.4, -0.2) is 20.4 Å². The van der Waals surface area contributed by atoms with E-state index in [-0.39, 0.29) is 18.0 Å². The lowest BCUT2D eigenvalue weighted by Gasteiger charge is -2.08. The molecule has 0 saturated carbocycles. The van der Waals surface area contributed by atoms with Gasteiger partial charge in [0.1, 0.15) is 12.3 Å². The Kier molecular flexibility index (Phi) is 4.49. The maximum Gasteiger partial charge on any atom is 0.261 e. The van der Waals surface area contributed by atoms with Crippen molar-refractivity contribution in [3.05, 3.63) is 83.4 Å². The van der Waals surface area contributed by atoms with Crippen LogP contribution in [0.2, 0.25) is 0 Å². The van der Waals surface area contributed by atoms with Crippen LogP contribution in [0.25, 0.3) is 22.2 Å². The van der Waals surface area contributed by atoms with Crippen molar-refractivity contribution < 1.29 is 9.21 Å². The maximum absolute atomic E-state index is 12.4. The average molecular weight is 360 g/mol. The molecule has 0 atom stereocenters. The summed E-state index contributed by atoms with van der Waals surface area (Å²) in [7, 11) is 0. The van der Waals surface area contributed by atoms with Crippen LogP contribution in [0.15, 0.2) is 76.7 Å². The summed E-state index contributed by atoms with van der Waals surface area (Å²) in [5, 5.41) is 3.29. The van der Waals surface area contributed by atoms with E-state index < -0.39 is 0 Å². The molecule has 0 fully saturated rings. The Morgan fingerprint density at radius 1 is 1.15 bits per heavy atom. The van der Waals surface area contributed by atoms with Crippen LogP contribution in [-0.2, 0) is 17.9 Å².